The third kappa shape index (κ3) is 5.71. The molecule has 0 bridgehead atoms. The zero-order valence-corrected chi connectivity index (χ0v) is 12.6. The number of benzene rings is 1. The smallest absolute Gasteiger partial charge is 0.326 e. The van der Waals surface area contributed by atoms with Crippen molar-refractivity contribution in [2.75, 3.05) is 12.0 Å². The van der Waals surface area contributed by atoms with E-state index in [0.717, 1.165) is 5.56 Å². The third-order valence-corrected chi connectivity index (χ3v) is 3.62. The molecule has 0 spiro atoms. The first-order valence-corrected chi connectivity index (χ1v) is 7.81. The van der Waals surface area contributed by atoms with E-state index in [2.05, 4.69) is 10.6 Å². The van der Waals surface area contributed by atoms with E-state index < -0.39 is 18.0 Å². The maximum Gasteiger partial charge on any atom is 0.326 e. The molecule has 7 heteroatoms. The molecule has 0 aliphatic rings. The Morgan fingerprint density at radius 3 is 2.70 bits per heavy atom. The minimum atomic E-state index is -1.04. The Hall–Kier alpha value is -1.40. The highest BCUT2D eigenvalue weighted by atomic mass is 35.5. The van der Waals surface area contributed by atoms with Crippen molar-refractivity contribution in [2.45, 2.75) is 19.0 Å². The largest absolute Gasteiger partial charge is 0.480 e. The Bertz CT molecular complexity index is 471. The number of amides is 2. The number of hydrogen-bond donors (Lipinski definition) is 3. The average Bonchev–Trinajstić information content (AvgIpc) is 2.42. The van der Waals surface area contributed by atoms with Crippen molar-refractivity contribution < 1.29 is 14.7 Å². The SMILES string of the molecule is CSCC[C@H](NC(=O)NCc1ccccc1Cl)C(=O)O. The number of hydrogen-bond acceptors (Lipinski definition) is 3. The van der Waals surface area contributed by atoms with Gasteiger partial charge < -0.3 is 15.7 Å². The summed E-state index contributed by atoms with van der Waals surface area (Å²) in [5, 5.41) is 14.6. The van der Waals surface area contributed by atoms with Crippen LogP contribution >= 0.6 is 23.4 Å². The fraction of sp³-hybridized carbons (Fsp3) is 0.385. The minimum absolute atomic E-state index is 0.250. The average molecular weight is 317 g/mol. The van der Waals surface area contributed by atoms with E-state index in [4.69, 9.17) is 16.7 Å². The first kappa shape index (κ1) is 16.7. The summed E-state index contributed by atoms with van der Waals surface area (Å²) in [4.78, 5) is 22.7. The van der Waals surface area contributed by atoms with Crippen LogP contribution in [-0.2, 0) is 11.3 Å². The number of thioether (sulfide) groups is 1. The lowest BCUT2D eigenvalue weighted by Gasteiger charge is -2.15. The molecule has 5 nitrogen and oxygen atoms in total. The first-order chi connectivity index (χ1) is 9.54. The molecular formula is C13H17ClN2O3S. The Balaban J connectivity index is 2.46. The zero-order valence-electron chi connectivity index (χ0n) is 11.1. The second-order valence-corrected chi connectivity index (χ2v) is 5.48. The van der Waals surface area contributed by atoms with Crippen molar-refractivity contribution in [3.63, 3.8) is 0 Å². The minimum Gasteiger partial charge on any atom is -0.480 e. The first-order valence-electron chi connectivity index (χ1n) is 6.04. The summed E-state index contributed by atoms with van der Waals surface area (Å²) >= 11 is 7.50. The standard InChI is InChI=1S/C13H17ClN2O3S/c1-20-7-6-11(12(17)18)16-13(19)15-8-9-4-2-3-5-10(9)14/h2-5,11H,6-8H2,1H3,(H,17,18)(H2,15,16,19)/t11-/m0/s1. The molecule has 0 saturated heterocycles. The maximum atomic E-state index is 11.7. The summed E-state index contributed by atoms with van der Waals surface area (Å²) in [6, 6.07) is 5.75. The Morgan fingerprint density at radius 2 is 2.10 bits per heavy atom. The van der Waals surface area contributed by atoms with Gasteiger partial charge in [-0.15, -0.1) is 0 Å². The van der Waals surface area contributed by atoms with Gasteiger partial charge in [-0.25, -0.2) is 9.59 Å². The quantitative estimate of drug-likeness (QED) is 0.721. The summed E-state index contributed by atoms with van der Waals surface area (Å²) in [7, 11) is 0. The molecule has 0 fully saturated rings. The van der Waals surface area contributed by atoms with Crippen LogP contribution in [0, 0.1) is 0 Å². The molecule has 0 aliphatic carbocycles. The summed E-state index contributed by atoms with van der Waals surface area (Å²) < 4.78 is 0. The highest BCUT2D eigenvalue weighted by Crippen LogP contribution is 2.14. The Labute approximate surface area is 127 Å². The van der Waals surface area contributed by atoms with Crippen molar-refractivity contribution >= 4 is 35.4 Å². The van der Waals surface area contributed by atoms with E-state index in [1.807, 2.05) is 12.3 Å². The predicted octanol–water partition coefficient (Wildman–Crippen LogP) is 2.35. The van der Waals surface area contributed by atoms with Gasteiger partial charge >= 0.3 is 12.0 Å². The predicted molar refractivity (Wildman–Crippen MR) is 81.2 cm³/mol. The topological polar surface area (TPSA) is 78.4 Å². The summed E-state index contributed by atoms with van der Waals surface area (Å²) in [5.74, 6) is -0.367. The van der Waals surface area contributed by atoms with Crippen LogP contribution in [-0.4, -0.2) is 35.2 Å². The molecule has 0 aromatic heterocycles. The molecule has 1 aromatic carbocycles. The molecule has 110 valence electrons. The van der Waals surface area contributed by atoms with Crippen LogP contribution in [0.1, 0.15) is 12.0 Å². The normalized spacial score (nSPS) is 11.7. The van der Waals surface area contributed by atoms with Crippen molar-refractivity contribution in [2.24, 2.45) is 0 Å². The van der Waals surface area contributed by atoms with E-state index in [1.54, 1.807) is 18.2 Å². The van der Waals surface area contributed by atoms with Crippen LogP contribution < -0.4 is 10.6 Å². The molecule has 0 unspecified atom stereocenters. The maximum absolute atomic E-state index is 11.7. The van der Waals surface area contributed by atoms with Crippen LogP contribution in [0.2, 0.25) is 5.02 Å². The number of rotatable bonds is 7. The molecule has 3 N–H and O–H groups in total. The van der Waals surface area contributed by atoms with Crippen molar-refractivity contribution in [1.29, 1.82) is 0 Å². The monoisotopic (exact) mass is 316 g/mol. The third-order valence-electron chi connectivity index (χ3n) is 2.61. The molecule has 1 atom stereocenters. The van der Waals surface area contributed by atoms with Gasteiger partial charge in [-0.05, 0) is 30.1 Å². The zero-order chi connectivity index (χ0) is 15.0. The van der Waals surface area contributed by atoms with Crippen molar-refractivity contribution in [1.82, 2.24) is 10.6 Å². The van der Waals surface area contributed by atoms with Crippen LogP contribution in [0.3, 0.4) is 0 Å². The second kappa shape index (κ2) is 8.71. The van der Waals surface area contributed by atoms with Gasteiger partial charge in [0.15, 0.2) is 0 Å². The molecule has 0 radical (unpaired) electrons. The van der Waals surface area contributed by atoms with Crippen LogP contribution in [0.4, 0.5) is 4.79 Å². The van der Waals surface area contributed by atoms with Gasteiger partial charge in [-0.2, -0.15) is 11.8 Å². The van der Waals surface area contributed by atoms with Gasteiger partial charge in [0.05, 0.1) is 0 Å². The van der Waals surface area contributed by atoms with E-state index in [1.165, 1.54) is 11.8 Å². The summed E-state index contributed by atoms with van der Waals surface area (Å²) in [6.07, 6.45) is 2.27. The number of nitrogens with one attached hydrogen (secondary N) is 2. The van der Waals surface area contributed by atoms with E-state index in [0.29, 0.717) is 17.2 Å². The lowest BCUT2D eigenvalue weighted by molar-refractivity contribution is -0.139. The molecule has 1 rings (SSSR count). The second-order valence-electron chi connectivity index (χ2n) is 4.09. The number of halogens is 1. The highest BCUT2D eigenvalue weighted by Gasteiger charge is 2.19. The van der Waals surface area contributed by atoms with Gasteiger partial charge in [0.25, 0.3) is 0 Å². The van der Waals surface area contributed by atoms with Gasteiger partial charge in [0.2, 0.25) is 0 Å². The summed E-state index contributed by atoms with van der Waals surface area (Å²) in [6.45, 7) is 0.250. The lowest BCUT2D eigenvalue weighted by atomic mass is 10.2. The number of aliphatic carboxylic acids is 1. The Kier molecular flexibility index (Phi) is 7.25. The molecule has 0 heterocycles. The fourth-order valence-electron chi connectivity index (χ4n) is 1.52. The van der Waals surface area contributed by atoms with E-state index in [-0.39, 0.29) is 6.54 Å². The Morgan fingerprint density at radius 1 is 1.40 bits per heavy atom. The number of urea groups is 1. The highest BCUT2D eigenvalue weighted by molar-refractivity contribution is 7.98. The summed E-state index contributed by atoms with van der Waals surface area (Å²) in [5.41, 5.74) is 0.778. The van der Waals surface area contributed by atoms with Crippen LogP contribution in [0.15, 0.2) is 24.3 Å². The van der Waals surface area contributed by atoms with Gasteiger partial charge in [-0.1, -0.05) is 29.8 Å². The van der Waals surface area contributed by atoms with Crippen molar-refractivity contribution in [3.05, 3.63) is 34.9 Å². The number of carbonyl (C=O) groups excluding carboxylic acids is 1. The lowest BCUT2D eigenvalue weighted by Crippen LogP contribution is -2.46. The molecule has 2 amide bonds. The number of carbonyl (C=O) groups is 2. The molecule has 1 aromatic rings. The van der Waals surface area contributed by atoms with E-state index >= 15 is 0 Å². The van der Waals surface area contributed by atoms with Gasteiger partial charge in [0, 0.05) is 11.6 Å². The fourth-order valence-corrected chi connectivity index (χ4v) is 2.19. The van der Waals surface area contributed by atoms with E-state index in [9.17, 15) is 9.59 Å². The molecule has 0 aliphatic heterocycles. The molecule has 0 saturated carbocycles. The molecular weight excluding hydrogens is 300 g/mol. The van der Waals surface area contributed by atoms with Gasteiger partial charge in [0.1, 0.15) is 6.04 Å². The van der Waals surface area contributed by atoms with Crippen LogP contribution in [0.25, 0.3) is 0 Å². The molecule has 20 heavy (non-hydrogen) atoms. The number of carboxylic acid groups (broad SMARTS) is 1. The van der Waals surface area contributed by atoms with Crippen molar-refractivity contribution in [3.8, 4) is 0 Å². The van der Waals surface area contributed by atoms with Crippen LogP contribution in [0.5, 0.6) is 0 Å². The number of carboxylic acids is 1. The van der Waals surface area contributed by atoms with Gasteiger partial charge in [-0.3, -0.25) is 0 Å².